The first-order valence-electron chi connectivity index (χ1n) is 9.18. The second-order valence-electron chi connectivity index (χ2n) is 6.73. The Balaban J connectivity index is 1.77. The summed E-state index contributed by atoms with van der Waals surface area (Å²) in [5.41, 5.74) is 2.23. The number of hydrogen-bond acceptors (Lipinski definition) is 4. The van der Waals surface area contributed by atoms with Crippen LogP contribution in [0.1, 0.15) is 21.7 Å². The number of benzene rings is 2. The average molecular weight is 385 g/mol. The molecule has 0 fully saturated rings. The molecule has 0 aliphatic carbocycles. The largest absolute Gasteiger partial charge is 0.505 e. The van der Waals surface area contributed by atoms with Crippen LogP contribution < -0.4 is 10.9 Å². The second kappa shape index (κ2) is 7.59. The molecule has 6 heteroatoms. The van der Waals surface area contributed by atoms with Gasteiger partial charge in [-0.15, -0.1) is 0 Å². The van der Waals surface area contributed by atoms with E-state index in [0.29, 0.717) is 16.8 Å². The van der Waals surface area contributed by atoms with Crippen molar-refractivity contribution in [3.63, 3.8) is 0 Å². The van der Waals surface area contributed by atoms with Gasteiger partial charge in [0.25, 0.3) is 11.5 Å². The van der Waals surface area contributed by atoms with Crippen LogP contribution in [0.15, 0.2) is 71.5 Å². The van der Waals surface area contributed by atoms with Crippen molar-refractivity contribution in [1.29, 1.82) is 0 Å². The minimum Gasteiger partial charge on any atom is -0.505 e. The Labute approximate surface area is 166 Å². The average Bonchev–Trinajstić information content (AvgIpc) is 2.75. The molecule has 4 rings (SSSR count). The molecule has 2 aromatic carbocycles. The summed E-state index contributed by atoms with van der Waals surface area (Å²) >= 11 is 0. The molecule has 0 saturated carbocycles. The fourth-order valence-electron chi connectivity index (χ4n) is 3.30. The van der Waals surface area contributed by atoms with Crippen LogP contribution in [-0.2, 0) is 6.54 Å². The Morgan fingerprint density at radius 2 is 1.72 bits per heavy atom. The van der Waals surface area contributed by atoms with E-state index in [0.717, 1.165) is 11.1 Å². The molecule has 2 heterocycles. The van der Waals surface area contributed by atoms with Crippen molar-refractivity contribution in [3.8, 4) is 17.0 Å². The van der Waals surface area contributed by atoms with Crippen molar-refractivity contribution in [2.24, 2.45) is 0 Å². The van der Waals surface area contributed by atoms with E-state index in [1.165, 1.54) is 0 Å². The first-order chi connectivity index (χ1) is 14.0. The zero-order chi connectivity index (χ0) is 20.4. The van der Waals surface area contributed by atoms with Gasteiger partial charge in [0, 0.05) is 17.5 Å². The number of nitrogens with one attached hydrogen (secondary N) is 2. The van der Waals surface area contributed by atoms with E-state index in [2.05, 4.69) is 15.3 Å². The third-order valence-electron chi connectivity index (χ3n) is 4.75. The fourth-order valence-corrected chi connectivity index (χ4v) is 3.30. The Morgan fingerprint density at radius 1 is 1.07 bits per heavy atom. The molecule has 29 heavy (non-hydrogen) atoms. The second-order valence-corrected chi connectivity index (χ2v) is 6.73. The predicted molar refractivity (Wildman–Crippen MR) is 112 cm³/mol. The summed E-state index contributed by atoms with van der Waals surface area (Å²) in [7, 11) is 0. The van der Waals surface area contributed by atoms with Gasteiger partial charge in [-0.05, 0) is 18.6 Å². The van der Waals surface area contributed by atoms with Crippen molar-refractivity contribution in [2.75, 3.05) is 0 Å². The van der Waals surface area contributed by atoms with E-state index in [1.807, 2.05) is 60.7 Å². The van der Waals surface area contributed by atoms with E-state index < -0.39 is 11.5 Å². The first kappa shape index (κ1) is 18.4. The maximum Gasteiger partial charge on any atom is 0.271 e. The van der Waals surface area contributed by atoms with Crippen LogP contribution in [0.4, 0.5) is 0 Å². The molecule has 144 valence electrons. The molecule has 0 bridgehead atoms. The molecular formula is C23H19N3O3. The minimum absolute atomic E-state index is 0.164. The number of carbonyl (C=O) groups excluding carboxylic acids is 1. The minimum atomic E-state index is -0.555. The highest BCUT2D eigenvalue weighted by Gasteiger charge is 2.19. The summed E-state index contributed by atoms with van der Waals surface area (Å²) in [4.78, 5) is 32.2. The zero-order valence-electron chi connectivity index (χ0n) is 15.8. The van der Waals surface area contributed by atoms with Gasteiger partial charge in [0.2, 0.25) is 0 Å². The zero-order valence-corrected chi connectivity index (χ0v) is 15.8. The SMILES string of the molecule is Cc1nc(-c2ccccc2)cc2c(O)c(C(=O)NCc3ccccc3)[nH]c(=O)c12. The third kappa shape index (κ3) is 3.60. The Bertz CT molecular complexity index is 1250. The summed E-state index contributed by atoms with van der Waals surface area (Å²) < 4.78 is 0. The number of carbonyl (C=O) groups is 1. The number of pyridine rings is 2. The third-order valence-corrected chi connectivity index (χ3v) is 4.75. The summed E-state index contributed by atoms with van der Waals surface area (Å²) in [5, 5.41) is 14.1. The standard InChI is InChI=1S/C23H19N3O3/c1-14-19-17(12-18(25-14)16-10-6-3-7-11-16)21(27)20(26-22(19)28)23(29)24-13-15-8-4-2-5-9-15/h2-12,27H,13H2,1H3,(H,24,29)(H,26,28). The van der Waals surface area contributed by atoms with E-state index in [-0.39, 0.29) is 23.4 Å². The van der Waals surface area contributed by atoms with Gasteiger partial charge in [-0.25, -0.2) is 0 Å². The lowest BCUT2D eigenvalue weighted by Crippen LogP contribution is -2.26. The first-order valence-corrected chi connectivity index (χ1v) is 9.18. The van der Waals surface area contributed by atoms with E-state index in [1.54, 1.807) is 13.0 Å². The van der Waals surface area contributed by atoms with Crippen LogP contribution in [0.5, 0.6) is 5.75 Å². The molecule has 4 aromatic rings. The maximum atomic E-state index is 12.6. The topological polar surface area (TPSA) is 95.1 Å². The van der Waals surface area contributed by atoms with Crippen LogP contribution >= 0.6 is 0 Å². The van der Waals surface area contributed by atoms with Crippen LogP contribution in [0.25, 0.3) is 22.0 Å². The van der Waals surface area contributed by atoms with Gasteiger partial charge in [0.05, 0.1) is 16.8 Å². The normalized spacial score (nSPS) is 10.8. The van der Waals surface area contributed by atoms with Crippen LogP contribution in [0.3, 0.4) is 0 Å². The number of rotatable bonds is 4. The number of aromatic amines is 1. The van der Waals surface area contributed by atoms with Crippen molar-refractivity contribution >= 4 is 16.7 Å². The van der Waals surface area contributed by atoms with Gasteiger partial charge < -0.3 is 15.4 Å². The van der Waals surface area contributed by atoms with Crippen LogP contribution in [-0.4, -0.2) is 21.0 Å². The van der Waals surface area contributed by atoms with E-state index >= 15 is 0 Å². The Kier molecular flexibility index (Phi) is 4.83. The molecular weight excluding hydrogens is 366 g/mol. The number of aryl methyl sites for hydroxylation is 1. The van der Waals surface area contributed by atoms with Crippen molar-refractivity contribution in [3.05, 3.63) is 94.0 Å². The highest BCUT2D eigenvalue weighted by molar-refractivity contribution is 6.02. The number of hydrogen-bond donors (Lipinski definition) is 3. The summed E-state index contributed by atoms with van der Waals surface area (Å²) in [6.07, 6.45) is 0. The molecule has 0 aliphatic heterocycles. The monoisotopic (exact) mass is 385 g/mol. The number of aromatic hydroxyl groups is 1. The van der Waals surface area contributed by atoms with E-state index in [4.69, 9.17) is 0 Å². The van der Waals surface area contributed by atoms with Gasteiger partial charge in [0.1, 0.15) is 5.69 Å². The van der Waals surface area contributed by atoms with E-state index in [9.17, 15) is 14.7 Å². The number of aromatic nitrogens is 2. The summed E-state index contributed by atoms with van der Waals surface area (Å²) in [6.45, 7) is 1.99. The smallest absolute Gasteiger partial charge is 0.271 e. The molecule has 2 aromatic heterocycles. The lowest BCUT2D eigenvalue weighted by molar-refractivity contribution is 0.0943. The van der Waals surface area contributed by atoms with Crippen molar-refractivity contribution in [2.45, 2.75) is 13.5 Å². The summed E-state index contributed by atoms with van der Waals surface area (Å²) in [5.74, 6) is -0.825. The molecule has 3 N–H and O–H groups in total. The van der Waals surface area contributed by atoms with Gasteiger partial charge >= 0.3 is 0 Å². The van der Waals surface area contributed by atoms with Gasteiger partial charge in [-0.2, -0.15) is 0 Å². The van der Waals surface area contributed by atoms with Crippen molar-refractivity contribution in [1.82, 2.24) is 15.3 Å². The Morgan fingerprint density at radius 3 is 2.41 bits per heavy atom. The maximum absolute atomic E-state index is 12.6. The number of fused-ring (bicyclic) bond motifs is 1. The van der Waals surface area contributed by atoms with Gasteiger partial charge in [-0.1, -0.05) is 60.7 Å². The summed E-state index contributed by atoms with van der Waals surface area (Å²) in [6, 6.07) is 20.5. The molecule has 6 nitrogen and oxygen atoms in total. The number of nitrogens with zero attached hydrogens (tertiary/aromatic N) is 1. The predicted octanol–water partition coefficient (Wildman–Crippen LogP) is 3.53. The van der Waals surface area contributed by atoms with Crippen LogP contribution in [0, 0.1) is 6.92 Å². The lowest BCUT2D eigenvalue weighted by Gasteiger charge is -2.11. The lowest BCUT2D eigenvalue weighted by atomic mass is 10.0. The fraction of sp³-hybridized carbons (Fsp3) is 0.0870. The molecule has 0 spiro atoms. The van der Waals surface area contributed by atoms with Gasteiger partial charge in [-0.3, -0.25) is 14.6 Å². The van der Waals surface area contributed by atoms with Gasteiger partial charge in [0.15, 0.2) is 5.75 Å². The number of amides is 1. The number of H-pyrrole nitrogens is 1. The van der Waals surface area contributed by atoms with Crippen LogP contribution in [0.2, 0.25) is 0 Å². The highest BCUT2D eigenvalue weighted by atomic mass is 16.3. The molecule has 0 atom stereocenters. The quantitative estimate of drug-likeness (QED) is 0.501. The molecule has 0 radical (unpaired) electrons. The van der Waals surface area contributed by atoms with Crippen molar-refractivity contribution < 1.29 is 9.90 Å². The molecule has 0 aliphatic rings. The molecule has 1 amide bonds. The molecule has 0 saturated heterocycles. The molecule has 0 unspecified atom stereocenters. The highest BCUT2D eigenvalue weighted by Crippen LogP contribution is 2.30. The Hall–Kier alpha value is -3.93.